The van der Waals surface area contributed by atoms with Gasteiger partial charge in [0, 0.05) is 23.5 Å². The molecule has 3 heteroatoms. The van der Waals surface area contributed by atoms with Gasteiger partial charge in [-0.1, -0.05) is 30.3 Å². The Labute approximate surface area is 111 Å². The third-order valence-corrected chi connectivity index (χ3v) is 3.44. The van der Waals surface area contributed by atoms with E-state index < -0.39 is 0 Å². The van der Waals surface area contributed by atoms with Crippen molar-refractivity contribution in [2.24, 2.45) is 0 Å². The monoisotopic (exact) mass is 254 g/mol. The molecule has 96 valence electrons. The summed E-state index contributed by atoms with van der Waals surface area (Å²) in [7, 11) is 1.62. The lowest BCUT2D eigenvalue weighted by atomic mass is 9.86. The molecule has 2 aromatic rings. The molecule has 1 atom stereocenters. The lowest BCUT2D eigenvalue weighted by Crippen LogP contribution is -2.11. The minimum atomic E-state index is 0.0348. The van der Waals surface area contributed by atoms with Crippen LogP contribution >= 0.6 is 0 Å². The molecule has 1 aliphatic rings. The Hall–Kier alpha value is -2.29. The van der Waals surface area contributed by atoms with E-state index in [0.29, 0.717) is 12.2 Å². The van der Waals surface area contributed by atoms with Gasteiger partial charge in [-0.2, -0.15) is 0 Å². The van der Waals surface area contributed by atoms with Gasteiger partial charge in [-0.15, -0.1) is 0 Å². The third-order valence-electron chi connectivity index (χ3n) is 3.44. The van der Waals surface area contributed by atoms with Crippen molar-refractivity contribution in [2.75, 3.05) is 7.11 Å². The quantitative estimate of drug-likeness (QED) is 0.786. The number of benzene rings is 2. The predicted octanol–water partition coefficient (Wildman–Crippen LogP) is 3.52. The smallest absolute Gasteiger partial charge is 0.173 e. The maximum atomic E-state index is 11.0. The summed E-state index contributed by atoms with van der Waals surface area (Å²) in [5.74, 6) is 2.25. The molecular weight excluding hydrogens is 240 g/mol. The van der Waals surface area contributed by atoms with Crippen LogP contribution in [0.3, 0.4) is 0 Å². The number of ether oxygens (including phenoxy) is 2. The number of methoxy groups -OCH3 is 1. The first kappa shape index (κ1) is 11.8. The van der Waals surface area contributed by atoms with E-state index in [9.17, 15) is 4.79 Å². The predicted molar refractivity (Wildman–Crippen MR) is 72.0 cm³/mol. The number of para-hydroxylation sites is 2. The molecule has 0 amide bonds. The largest absolute Gasteiger partial charge is 0.493 e. The zero-order chi connectivity index (χ0) is 13.2. The van der Waals surface area contributed by atoms with Gasteiger partial charge in [0.2, 0.25) is 0 Å². The summed E-state index contributed by atoms with van der Waals surface area (Å²) in [6, 6.07) is 13.6. The van der Waals surface area contributed by atoms with Crippen LogP contribution in [0.4, 0.5) is 0 Å². The van der Waals surface area contributed by atoms with Gasteiger partial charge in [0.05, 0.1) is 7.11 Å². The number of carbonyl (C=O) groups is 1. The summed E-state index contributed by atoms with van der Waals surface area (Å²) in [5.41, 5.74) is 2.06. The standard InChI is InChI=1S/C16H14O3/c1-18-15-8-4-6-13-11(9-10-17)12-5-2-3-7-14(12)19-16(13)15/h2-8,10-11H,9H2,1H3. The van der Waals surface area contributed by atoms with E-state index in [1.54, 1.807) is 7.11 Å². The summed E-state index contributed by atoms with van der Waals surface area (Å²) in [4.78, 5) is 11.0. The van der Waals surface area contributed by atoms with Gasteiger partial charge in [0.15, 0.2) is 11.5 Å². The lowest BCUT2D eigenvalue weighted by molar-refractivity contribution is -0.108. The van der Waals surface area contributed by atoms with Crippen molar-refractivity contribution in [3.05, 3.63) is 53.6 Å². The number of carbonyl (C=O) groups excluding carboxylic acids is 1. The average Bonchev–Trinajstić information content (AvgIpc) is 2.46. The molecule has 0 radical (unpaired) electrons. The first-order chi connectivity index (χ1) is 9.35. The van der Waals surface area contributed by atoms with E-state index in [1.807, 2.05) is 42.5 Å². The third kappa shape index (κ3) is 1.87. The van der Waals surface area contributed by atoms with Crippen LogP contribution < -0.4 is 9.47 Å². The zero-order valence-corrected chi connectivity index (χ0v) is 10.6. The molecule has 0 N–H and O–H groups in total. The van der Waals surface area contributed by atoms with E-state index in [2.05, 4.69) is 0 Å². The number of aldehydes is 1. The summed E-state index contributed by atoms with van der Waals surface area (Å²) in [5, 5.41) is 0. The van der Waals surface area contributed by atoms with E-state index in [0.717, 1.165) is 28.9 Å². The molecule has 3 nitrogen and oxygen atoms in total. The molecule has 0 saturated carbocycles. The Morgan fingerprint density at radius 1 is 1.16 bits per heavy atom. The number of hydrogen-bond acceptors (Lipinski definition) is 3. The van der Waals surface area contributed by atoms with Gasteiger partial charge in [0.1, 0.15) is 12.0 Å². The zero-order valence-electron chi connectivity index (χ0n) is 10.6. The molecule has 0 spiro atoms. The number of fused-ring (bicyclic) bond motifs is 2. The highest BCUT2D eigenvalue weighted by Crippen LogP contribution is 2.48. The van der Waals surface area contributed by atoms with Crippen molar-refractivity contribution in [3.63, 3.8) is 0 Å². The molecule has 1 aliphatic heterocycles. The average molecular weight is 254 g/mol. The second-order valence-electron chi connectivity index (χ2n) is 4.47. The summed E-state index contributed by atoms with van der Waals surface area (Å²) in [6.45, 7) is 0. The van der Waals surface area contributed by atoms with Gasteiger partial charge < -0.3 is 14.3 Å². The first-order valence-electron chi connectivity index (χ1n) is 6.22. The fourth-order valence-corrected chi connectivity index (χ4v) is 2.57. The Bertz CT molecular complexity index is 619. The van der Waals surface area contributed by atoms with Crippen LogP contribution in [0, 0.1) is 0 Å². The number of rotatable bonds is 3. The van der Waals surface area contributed by atoms with Gasteiger partial charge in [-0.25, -0.2) is 0 Å². The van der Waals surface area contributed by atoms with Crippen molar-refractivity contribution < 1.29 is 14.3 Å². The fraction of sp³-hybridized carbons (Fsp3) is 0.188. The normalized spacial score (nSPS) is 15.9. The second kappa shape index (κ2) is 4.76. The maximum Gasteiger partial charge on any atom is 0.173 e. The Kier molecular flexibility index (Phi) is 2.95. The van der Waals surface area contributed by atoms with Gasteiger partial charge in [-0.3, -0.25) is 0 Å². The second-order valence-corrected chi connectivity index (χ2v) is 4.47. The van der Waals surface area contributed by atoms with Crippen molar-refractivity contribution in [2.45, 2.75) is 12.3 Å². The minimum Gasteiger partial charge on any atom is -0.493 e. The van der Waals surface area contributed by atoms with E-state index in [1.165, 1.54) is 0 Å². The van der Waals surface area contributed by atoms with Gasteiger partial charge in [0.25, 0.3) is 0 Å². The SMILES string of the molecule is COc1cccc2c1Oc1ccccc1C2CC=O. The molecule has 1 unspecified atom stereocenters. The van der Waals surface area contributed by atoms with Crippen LogP contribution in [-0.2, 0) is 4.79 Å². The maximum absolute atomic E-state index is 11.0. The van der Waals surface area contributed by atoms with Crippen LogP contribution in [0.15, 0.2) is 42.5 Å². The molecule has 0 saturated heterocycles. The van der Waals surface area contributed by atoms with E-state index in [-0.39, 0.29) is 5.92 Å². The van der Waals surface area contributed by atoms with Crippen LogP contribution in [0.1, 0.15) is 23.5 Å². The van der Waals surface area contributed by atoms with Crippen LogP contribution in [0.2, 0.25) is 0 Å². The van der Waals surface area contributed by atoms with Gasteiger partial charge >= 0.3 is 0 Å². The minimum absolute atomic E-state index is 0.0348. The van der Waals surface area contributed by atoms with Crippen molar-refractivity contribution in [1.82, 2.24) is 0 Å². The summed E-state index contributed by atoms with van der Waals surface area (Å²) in [6.07, 6.45) is 1.40. The summed E-state index contributed by atoms with van der Waals surface area (Å²) < 4.78 is 11.3. The molecule has 1 heterocycles. The molecule has 0 aliphatic carbocycles. The molecular formula is C16H14O3. The van der Waals surface area contributed by atoms with Crippen LogP contribution in [-0.4, -0.2) is 13.4 Å². The van der Waals surface area contributed by atoms with E-state index >= 15 is 0 Å². The Morgan fingerprint density at radius 2 is 1.95 bits per heavy atom. The molecule has 0 fully saturated rings. The fourth-order valence-electron chi connectivity index (χ4n) is 2.57. The van der Waals surface area contributed by atoms with Crippen molar-refractivity contribution >= 4 is 6.29 Å². The highest BCUT2D eigenvalue weighted by atomic mass is 16.5. The van der Waals surface area contributed by atoms with Crippen LogP contribution in [0.5, 0.6) is 17.2 Å². The molecule has 3 rings (SSSR count). The molecule has 2 aromatic carbocycles. The van der Waals surface area contributed by atoms with Gasteiger partial charge in [-0.05, 0) is 12.1 Å². The first-order valence-corrected chi connectivity index (χ1v) is 6.22. The molecule has 19 heavy (non-hydrogen) atoms. The topological polar surface area (TPSA) is 35.5 Å². The lowest BCUT2D eigenvalue weighted by Gasteiger charge is -2.28. The van der Waals surface area contributed by atoms with Crippen molar-refractivity contribution in [3.8, 4) is 17.2 Å². The molecule has 0 aromatic heterocycles. The Balaban J connectivity index is 2.19. The highest BCUT2D eigenvalue weighted by molar-refractivity contribution is 5.63. The van der Waals surface area contributed by atoms with Crippen LogP contribution in [0.25, 0.3) is 0 Å². The highest BCUT2D eigenvalue weighted by Gasteiger charge is 2.28. The van der Waals surface area contributed by atoms with E-state index in [4.69, 9.17) is 9.47 Å². The van der Waals surface area contributed by atoms with Crippen molar-refractivity contribution in [1.29, 1.82) is 0 Å². The summed E-state index contributed by atoms with van der Waals surface area (Å²) >= 11 is 0. The number of hydrogen-bond donors (Lipinski definition) is 0. The Morgan fingerprint density at radius 3 is 2.74 bits per heavy atom. The molecule has 0 bridgehead atoms.